The number of ether oxygens (including phenoxy) is 1. The second-order valence-corrected chi connectivity index (χ2v) is 8.73. The molecule has 1 aromatic carbocycles. The molecular weight excluding hydrogens is 352 g/mol. The van der Waals surface area contributed by atoms with Gasteiger partial charge in [-0.25, -0.2) is 0 Å². The van der Waals surface area contributed by atoms with Crippen molar-refractivity contribution in [1.29, 1.82) is 0 Å². The highest BCUT2D eigenvalue weighted by atomic mass is 35.5. The van der Waals surface area contributed by atoms with Crippen LogP contribution in [0.15, 0.2) is 24.3 Å². The van der Waals surface area contributed by atoms with Crippen LogP contribution in [0.2, 0.25) is 5.02 Å². The summed E-state index contributed by atoms with van der Waals surface area (Å²) in [6, 6.07) is 6.86. The zero-order valence-corrected chi connectivity index (χ0v) is 15.6. The minimum absolute atomic E-state index is 0.0131. The fraction of sp³-hybridized carbons (Fsp3) is 0.600. The molecule has 0 heterocycles. The van der Waals surface area contributed by atoms with Gasteiger partial charge < -0.3 is 15.4 Å². The van der Waals surface area contributed by atoms with Crippen LogP contribution in [0.4, 0.5) is 5.69 Å². The van der Waals surface area contributed by atoms with E-state index in [9.17, 15) is 9.59 Å². The van der Waals surface area contributed by atoms with Crippen LogP contribution >= 0.6 is 11.6 Å². The first-order valence-electron chi connectivity index (χ1n) is 9.44. The third-order valence-electron chi connectivity index (χ3n) is 6.04. The van der Waals surface area contributed by atoms with Crippen molar-refractivity contribution in [2.75, 3.05) is 18.5 Å². The molecule has 4 bridgehead atoms. The molecule has 0 radical (unpaired) electrons. The van der Waals surface area contributed by atoms with Gasteiger partial charge in [0, 0.05) is 16.2 Å². The van der Waals surface area contributed by atoms with Crippen molar-refractivity contribution in [1.82, 2.24) is 5.32 Å². The summed E-state index contributed by atoms with van der Waals surface area (Å²) in [4.78, 5) is 24.2. The number of carbonyl (C=O) groups is 2. The fourth-order valence-electron chi connectivity index (χ4n) is 5.56. The van der Waals surface area contributed by atoms with E-state index in [1.807, 2.05) is 0 Å². The van der Waals surface area contributed by atoms with Crippen LogP contribution in [0.1, 0.15) is 38.5 Å². The Hall–Kier alpha value is -1.59. The second-order valence-electron chi connectivity index (χ2n) is 8.29. The molecule has 4 aliphatic carbocycles. The first-order valence-corrected chi connectivity index (χ1v) is 9.82. The molecule has 140 valence electrons. The first-order chi connectivity index (χ1) is 12.5. The third-order valence-corrected chi connectivity index (χ3v) is 6.29. The van der Waals surface area contributed by atoms with Crippen LogP contribution < -0.4 is 10.6 Å². The third kappa shape index (κ3) is 4.04. The molecule has 5 rings (SSSR count). The molecule has 4 fully saturated rings. The fourth-order valence-corrected chi connectivity index (χ4v) is 5.69. The van der Waals surface area contributed by atoms with Gasteiger partial charge >= 0.3 is 0 Å². The molecule has 2 amide bonds. The van der Waals surface area contributed by atoms with Gasteiger partial charge in [-0.1, -0.05) is 11.6 Å². The number of carbonyl (C=O) groups excluding carboxylic acids is 2. The Morgan fingerprint density at radius 3 is 2.08 bits per heavy atom. The second kappa shape index (κ2) is 7.20. The van der Waals surface area contributed by atoms with E-state index in [0.29, 0.717) is 10.7 Å². The molecule has 0 saturated heterocycles. The van der Waals surface area contributed by atoms with Gasteiger partial charge in [-0.15, -0.1) is 0 Å². The Bertz CT molecular complexity index is 654. The van der Waals surface area contributed by atoms with Gasteiger partial charge in [0.2, 0.25) is 11.8 Å². The van der Waals surface area contributed by atoms with Gasteiger partial charge in [0.15, 0.2) is 0 Å². The van der Waals surface area contributed by atoms with Crippen LogP contribution in [-0.4, -0.2) is 30.6 Å². The predicted molar refractivity (Wildman–Crippen MR) is 99.9 cm³/mol. The molecule has 0 aliphatic heterocycles. The van der Waals surface area contributed by atoms with E-state index < -0.39 is 0 Å². The van der Waals surface area contributed by atoms with Crippen molar-refractivity contribution in [2.24, 2.45) is 17.8 Å². The molecule has 4 saturated carbocycles. The molecule has 4 aliphatic rings. The van der Waals surface area contributed by atoms with Gasteiger partial charge in [-0.05, 0) is 80.5 Å². The molecule has 26 heavy (non-hydrogen) atoms. The van der Waals surface area contributed by atoms with Crippen LogP contribution in [-0.2, 0) is 14.3 Å². The number of halogens is 1. The van der Waals surface area contributed by atoms with Crippen molar-refractivity contribution in [3.05, 3.63) is 29.3 Å². The highest BCUT2D eigenvalue weighted by molar-refractivity contribution is 6.30. The van der Waals surface area contributed by atoms with E-state index in [1.54, 1.807) is 24.3 Å². The standard InChI is InChI=1S/C20H25ClN2O3/c21-16-1-3-17(4-2-16)22-18(24)11-26-12-19(25)23-20-8-13-5-14(9-20)7-15(6-13)10-20/h1-4,13-15H,5-12H2,(H,22,24)(H,23,25). The molecule has 0 atom stereocenters. The van der Waals surface area contributed by atoms with Crippen molar-refractivity contribution >= 4 is 29.1 Å². The van der Waals surface area contributed by atoms with Crippen molar-refractivity contribution in [3.63, 3.8) is 0 Å². The maximum Gasteiger partial charge on any atom is 0.250 e. The van der Waals surface area contributed by atoms with Crippen LogP contribution in [0, 0.1) is 17.8 Å². The van der Waals surface area contributed by atoms with E-state index in [-0.39, 0.29) is 30.6 Å². The normalized spacial score (nSPS) is 31.7. The Morgan fingerprint density at radius 2 is 1.50 bits per heavy atom. The highest BCUT2D eigenvalue weighted by Gasteiger charge is 2.51. The Kier molecular flexibility index (Phi) is 4.93. The van der Waals surface area contributed by atoms with Gasteiger partial charge in [0.25, 0.3) is 0 Å². The van der Waals surface area contributed by atoms with Crippen LogP contribution in [0.25, 0.3) is 0 Å². The zero-order valence-electron chi connectivity index (χ0n) is 14.8. The molecule has 6 heteroatoms. The maximum atomic E-state index is 12.3. The van der Waals surface area contributed by atoms with E-state index in [2.05, 4.69) is 10.6 Å². The summed E-state index contributed by atoms with van der Waals surface area (Å²) in [5.74, 6) is 1.97. The van der Waals surface area contributed by atoms with E-state index in [1.165, 1.54) is 19.3 Å². The molecule has 1 aromatic rings. The molecule has 0 unspecified atom stereocenters. The molecular formula is C20H25ClN2O3. The van der Waals surface area contributed by atoms with Gasteiger partial charge in [-0.2, -0.15) is 0 Å². The number of rotatable bonds is 6. The smallest absolute Gasteiger partial charge is 0.250 e. The maximum absolute atomic E-state index is 12.3. The molecule has 0 aromatic heterocycles. The summed E-state index contributed by atoms with van der Waals surface area (Å²) in [5.41, 5.74) is 0.641. The SMILES string of the molecule is O=C(COCC(=O)NC12CC3CC(CC(C3)C1)C2)Nc1ccc(Cl)cc1. The predicted octanol–water partition coefficient (Wildman–Crippen LogP) is 3.38. The minimum Gasteiger partial charge on any atom is -0.362 e. The van der Waals surface area contributed by atoms with E-state index in [0.717, 1.165) is 37.0 Å². The zero-order chi connectivity index (χ0) is 18.1. The molecule has 2 N–H and O–H groups in total. The average molecular weight is 377 g/mol. The Morgan fingerprint density at radius 1 is 0.962 bits per heavy atom. The Labute approximate surface area is 158 Å². The molecule has 5 nitrogen and oxygen atoms in total. The quantitative estimate of drug-likeness (QED) is 0.799. The number of anilines is 1. The van der Waals surface area contributed by atoms with E-state index >= 15 is 0 Å². The number of benzene rings is 1. The van der Waals surface area contributed by atoms with E-state index in [4.69, 9.17) is 16.3 Å². The summed E-state index contributed by atoms with van der Waals surface area (Å²) in [6.07, 6.45) is 7.37. The van der Waals surface area contributed by atoms with Crippen LogP contribution in [0.5, 0.6) is 0 Å². The average Bonchev–Trinajstić information content (AvgIpc) is 2.55. The summed E-state index contributed by atoms with van der Waals surface area (Å²) in [5, 5.41) is 6.57. The Balaban J connectivity index is 1.21. The summed E-state index contributed by atoms with van der Waals surface area (Å²) in [6.45, 7) is -0.216. The van der Waals surface area contributed by atoms with Gasteiger partial charge in [-0.3, -0.25) is 9.59 Å². The number of nitrogens with one attached hydrogen (secondary N) is 2. The summed E-state index contributed by atoms with van der Waals surface area (Å²) < 4.78 is 5.32. The lowest BCUT2D eigenvalue weighted by Gasteiger charge is -2.56. The lowest BCUT2D eigenvalue weighted by molar-refractivity contribution is -0.133. The molecule has 0 spiro atoms. The summed E-state index contributed by atoms with van der Waals surface area (Å²) in [7, 11) is 0. The number of hydrogen-bond donors (Lipinski definition) is 2. The largest absolute Gasteiger partial charge is 0.362 e. The highest BCUT2D eigenvalue weighted by Crippen LogP contribution is 2.55. The van der Waals surface area contributed by atoms with Crippen molar-refractivity contribution in [2.45, 2.75) is 44.1 Å². The van der Waals surface area contributed by atoms with Crippen molar-refractivity contribution < 1.29 is 14.3 Å². The lowest BCUT2D eigenvalue weighted by atomic mass is 9.53. The van der Waals surface area contributed by atoms with Gasteiger partial charge in [0.05, 0.1) is 0 Å². The topological polar surface area (TPSA) is 67.4 Å². The minimum atomic E-state index is -0.282. The van der Waals surface area contributed by atoms with Crippen LogP contribution in [0.3, 0.4) is 0 Å². The van der Waals surface area contributed by atoms with Crippen molar-refractivity contribution in [3.8, 4) is 0 Å². The first kappa shape index (κ1) is 17.8. The number of hydrogen-bond acceptors (Lipinski definition) is 3. The van der Waals surface area contributed by atoms with Gasteiger partial charge in [0.1, 0.15) is 13.2 Å². The lowest BCUT2D eigenvalue weighted by Crippen LogP contribution is -2.60. The monoisotopic (exact) mass is 376 g/mol. The summed E-state index contributed by atoms with van der Waals surface area (Å²) >= 11 is 5.81. The number of amides is 2.